The molecule has 2 aromatic carbocycles. The van der Waals surface area contributed by atoms with E-state index in [2.05, 4.69) is 10.6 Å². The number of esters is 1. The molecule has 3 rings (SSSR count). The van der Waals surface area contributed by atoms with Crippen LogP contribution in [0.15, 0.2) is 59.2 Å². The standard InChI is InChI=1S/C24H24N2O5/c1-14-12-15(2)21(16(3)13-14)26-22(27)17(4)31-24(29)18-7-9-19(10-8-18)25-23(28)20-6-5-11-30-20/h5-13,17H,1-4H3,(H,25,28)(H,26,27)/t17-/m1/s1. The van der Waals surface area contributed by atoms with Crippen molar-refractivity contribution in [2.75, 3.05) is 10.6 Å². The summed E-state index contributed by atoms with van der Waals surface area (Å²) in [4.78, 5) is 36.9. The number of benzene rings is 2. The van der Waals surface area contributed by atoms with Gasteiger partial charge in [-0.05, 0) is 75.2 Å². The lowest BCUT2D eigenvalue weighted by Gasteiger charge is -2.17. The summed E-state index contributed by atoms with van der Waals surface area (Å²) in [5, 5.41) is 5.50. The summed E-state index contributed by atoms with van der Waals surface area (Å²) < 4.78 is 10.3. The first kappa shape index (κ1) is 21.8. The number of furan rings is 1. The Morgan fingerprint density at radius 2 is 1.58 bits per heavy atom. The number of carbonyl (C=O) groups is 3. The van der Waals surface area contributed by atoms with E-state index in [1.807, 2.05) is 32.9 Å². The summed E-state index contributed by atoms with van der Waals surface area (Å²) >= 11 is 0. The number of anilines is 2. The van der Waals surface area contributed by atoms with Gasteiger partial charge in [0.1, 0.15) is 0 Å². The van der Waals surface area contributed by atoms with Crippen LogP contribution in [-0.2, 0) is 9.53 Å². The van der Waals surface area contributed by atoms with E-state index in [1.165, 1.54) is 25.3 Å². The van der Waals surface area contributed by atoms with Crippen molar-refractivity contribution >= 4 is 29.2 Å². The number of ether oxygens (including phenoxy) is 1. The van der Waals surface area contributed by atoms with Crippen molar-refractivity contribution in [1.82, 2.24) is 0 Å². The lowest BCUT2D eigenvalue weighted by molar-refractivity contribution is -0.123. The highest BCUT2D eigenvalue weighted by molar-refractivity contribution is 6.02. The van der Waals surface area contributed by atoms with Crippen LogP contribution in [0, 0.1) is 20.8 Å². The molecule has 0 saturated carbocycles. The molecule has 0 radical (unpaired) electrons. The van der Waals surface area contributed by atoms with Crippen LogP contribution in [0.2, 0.25) is 0 Å². The molecule has 0 spiro atoms. The van der Waals surface area contributed by atoms with Crippen LogP contribution in [0.5, 0.6) is 0 Å². The zero-order chi connectivity index (χ0) is 22.5. The number of aryl methyl sites for hydroxylation is 3. The Morgan fingerprint density at radius 1 is 0.935 bits per heavy atom. The zero-order valence-corrected chi connectivity index (χ0v) is 17.8. The Kier molecular flexibility index (Phi) is 6.55. The SMILES string of the molecule is Cc1cc(C)c(NC(=O)[C@@H](C)OC(=O)c2ccc(NC(=O)c3ccco3)cc2)c(C)c1. The van der Waals surface area contributed by atoms with Crippen molar-refractivity contribution in [2.24, 2.45) is 0 Å². The average Bonchev–Trinajstić information content (AvgIpc) is 3.26. The summed E-state index contributed by atoms with van der Waals surface area (Å²) in [6.07, 6.45) is 0.429. The molecule has 7 heteroatoms. The quantitative estimate of drug-likeness (QED) is 0.566. The summed E-state index contributed by atoms with van der Waals surface area (Å²) in [5.41, 5.74) is 4.46. The summed E-state index contributed by atoms with van der Waals surface area (Å²) in [6.45, 7) is 7.34. The second kappa shape index (κ2) is 9.30. The number of rotatable bonds is 6. The van der Waals surface area contributed by atoms with Crippen LogP contribution < -0.4 is 10.6 Å². The van der Waals surface area contributed by atoms with Crippen LogP contribution >= 0.6 is 0 Å². The molecule has 2 N–H and O–H groups in total. The summed E-state index contributed by atoms with van der Waals surface area (Å²) in [7, 11) is 0. The van der Waals surface area contributed by atoms with Crippen LogP contribution in [0.4, 0.5) is 11.4 Å². The van der Waals surface area contributed by atoms with Gasteiger partial charge in [-0.25, -0.2) is 4.79 Å². The number of hydrogen-bond acceptors (Lipinski definition) is 5. The maximum Gasteiger partial charge on any atom is 0.338 e. The molecule has 0 aliphatic rings. The largest absolute Gasteiger partial charge is 0.459 e. The molecule has 0 aliphatic heterocycles. The average molecular weight is 420 g/mol. The van der Waals surface area contributed by atoms with Crippen molar-refractivity contribution in [1.29, 1.82) is 0 Å². The van der Waals surface area contributed by atoms with E-state index in [0.717, 1.165) is 22.4 Å². The first-order valence-corrected chi connectivity index (χ1v) is 9.79. The molecule has 3 aromatic rings. The Morgan fingerprint density at radius 3 is 2.16 bits per heavy atom. The predicted molar refractivity (Wildman–Crippen MR) is 117 cm³/mol. The molecule has 7 nitrogen and oxygen atoms in total. The molecule has 0 aliphatic carbocycles. The normalized spacial score (nSPS) is 11.5. The van der Waals surface area contributed by atoms with Crippen LogP contribution in [-0.4, -0.2) is 23.9 Å². The van der Waals surface area contributed by atoms with Gasteiger partial charge in [-0.1, -0.05) is 17.7 Å². The fraction of sp³-hybridized carbons (Fsp3) is 0.208. The van der Waals surface area contributed by atoms with Gasteiger partial charge in [0.05, 0.1) is 11.8 Å². The van der Waals surface area contributed by atoms with E-state index in [1.54, 1.807) is 24.3 Å². The molecule has 0 fully saturated rings. The van der Waals surface area contributed by atoms with Gasteiger partial charge in [-0.2, -0.15) is 0 Å². The maximum atomic E-state index is 12.5. The third-order valence-electron chi connectivity index (χ3n) is 4.70. The van der Waals surface area contributed by atoms with Gasteiger partial charge in [-0.15, -0.1) is 0 Å². The molecular formula is C24H24N2O5. The molecule has 0 bridgehead atoms. The van der Waals surface area contributed by atoms with Gasteiger partial charge in [-0.3, -0.25) is 9.59 Å². The molecule has 0 saturated heterocycles. The minimum absolute atomic E-state index is 0.183. The molecule has 2 amide bonds. The van der Waals surface area contributed by atoms with Crippen LogP contribution in [0.25, 0.3) is 0 Å². The molecule has 1 aromatic heterocycles. The van der Waals surface area contributed by atoms with Gasteiger partial charge in [0.25, 0.3) is 11.8 Å². The third-order valence-corrected chi connectivity index (χ3v) is 4.70. The van der Waals surface area contributed by atoms with Crippen molar-refractivity contribution in [3.63, 3.8) is 0 Å². The van der Waals surface area contributed by atoms with E-state index >= 15 is 0 Å². The predicted octanol–water partition coefficient (Wildman–Crippen LogP) is 4.64. The highest BCUT2D eigenvalue weighted by Gasteiger charge is 2.20. The van der Waals surface area contributed by atoms with Gasteiger partial charge < -0.3 is 19.8 Å². The Labute approximate surface area is 180 Å². The maximum absolute atomic E-state index is 12.5. The first-order valence-electron chi connectivity index (χ1n) is 9.79. The van der Waals surface area contributed by atoms with Crippen molar-refractivity contribution < 1.29 is 23.5 Å². The molecule has 31 heavy (non-hydrogen) atoms. The Hall–Kier alpha value is -3.87. The molecule has 0 unspecified atom stereocenters. The number of nitrogens with one attached hydrogen (secondary N) is 2. The lowest BCUT2D eigenvalue weighted by Crippen LogP contribution is -2.30. The second-order valence-electron chi connectivity index (χ2n) is 7.32. The van der Waals surface area contributed by atoms with Crippen molar-refractivity contribution in [3.05, 3.63) is 82.8 Å². The van der Waals surface area contributed by atoms with E-state index in [0.29, 0.717) is 5.69 Å². The van der Waals surface area contributed by atoms with Crippen LogP contribution in [0.1, 0.15) is 44.5 Å². The van der Waals surface area contributed by atoms with Crippen LogP contribution in [0.3, 0.4) is 0 Å². The Bertz CT molecular complexity index is 1080. The Balaban J connectivity index is 1.59. The number of hydrogen-bond donors (Lipinski definition) is 2. The highest BCUT2D eigenvalue weighted by Crippen LogP contribution is 2.22. The lowest BCUT2D eigenvalue weighted by atomic mass is 10.0. The third kappa shape index (κ3) is 5.39. The first-order chi connectivity index (χ1) is 14.7. The fourth-order valence-corrected chi connectivity index (χ4v) is 3.17. The topological polar surface area (TPSA) is 97.6 Å². The second-order valence-corrected chi connectivity index (χ2v) is 7.32. The monoisotopic (exact) mass is 420 g/mol. The van der Waals surface area contributed by atoms with Gasteiger partial charge in [0.2, 0.25) is 0 Å². The van der Waals surface area contributed by atoms with Gasteiger partial charge in [0, 0.05) is 11.4 Å². The summed E-state index contributed by atoms with van der Waals surface area (Å²) in [5.74, 6) is -1.26. The molecule has 160 valence electrons. The number of carbonyl (C=O) groups excluding carboxylic acids is 3. The minimum Gasteiger partial charge on any atom is -0.459 e. The highest BCUT2D eigenvalue weighted by atomic mass is 16.5. The molecule has 1 atom stereocenters. The van der Waals surface area contributed by atoms with Gasteiger partial charge >= 0.3 is 5.97 Å². The number of amides is 2. The van der Waals surface area contributed by atoms with E-state index in [4.69, 9.17) is 9.15 Å². The van der Waals surface area contributed by atoms with E-state index in [9.17, 15) is 14.4 Å². The van der Waals surface area contributed by atoms with Gasteiger partial charge in [0.15, 0.2) is 11.9 Å². The zero-order valence-electron chi connectivity index (χ0n) is 17.8. The van der Waals surface area contributed by atoms with Crippen molar-refractivity contribution in [3.8, 4) is 0 Å². The van der Waals surface area contributed by atoms with Crippen molar-refractivity contribution in [2.45, 2.75) is 33.8 Å². The minimum atomic E-state index is -0.981. The summed E-state index contributed by atoms with van der Waals surface area (Å²) in [6, 6.07) is 13.3. The molecular weight excluding hydrogens is 396 g/mol. The van der Waals surface area contributed by atoms with E-state index in [-0.39, 0.29) is 11.3 Å². The van der Waals surface area contributed by atoms with E-state index < -0.39 is 23.9 Å². The smallest absolute Gasteiger partial charge is 0.338 e. The molecule has 1 heterocycles. The fourth-order valence-electron chi connectivity index (χ4n) is 3.17.